The standard InChI is InChI=1S/C11H13BrO/c1-11(13)7-3-4-8-9(11)5-2-6-10(8)12/h2,5-6,13H,3-4,7H2,1H3. The van der Waals surface area contributed by atoms with Gasteiger partial charge in [0.1, 0.15) is 0 Å². The van der Waals surface area contributed by atoms with Gasteiger partial charge in [-0.05, 0) is 43.4 Å². The van der Waals surface area contributed by atoms with E-state index in [1.165, 1.54) is 5.56 Å². The lowest BCUT2D eigenvalue weighted by molar-refractivity contribution is 0.0386. The molecule has 0 fully saturated rings. The monoisotopic (exact) mass is 240 g/mol. The molecule has 70 valence electrons. The Kier molecular flexibility index (Phi) is 2.20. The summed E-state index contributed by atoms with van der Waals surface area (Å²) < 4.78 is 1.13. The maximum Gasteiger partial charge on any atom is 0.0871 e. The largest absolute Gasteiger partial charge is 0.385 e. The Hall–Kier alpha value is -0.340. The molecule has 1 aliphatic carbocycles. The number of aliphatic hydroxyl groups is 1. The van der Waals surface area contributed by atoms with Crippen molar-refractivity contribution in [2.24, 2.45) is 0 Å². The van der Waals surface area contributed by atoms with E-state index < -0.39 is 5.60 Å². The Morgan fingerprint density at radius 1 is 1.46 bits per heavy atom. The summed E-state index contributed by atoms with van der Waals surface area (Å²) in [4.78, 5) is 0. The average Bonchev–Trinajstić information content (AvgIpc) is 2.06. The molecule has 0 saturated carbocycles. The third-order valence-electron chi connectivity index (χ3n) is 2.79. The number of hydrogen-bond donors (Lipinski definition) is 1. The van der Waals surface area contributed by atoms with E-state index in [2.05, 4.69) is 15.9 Å². The van der Waals surface area contributed by atoms with Crippen LogP contribution in [0.1, 0.15) is 30.9 Å². The molecule has 2 rings (SSSR count). The first-order chi connectivity index (χ1) is 6.11. The minimum absolute atomic E-state index is 0.628. The molecule has 0 amide bonds. The van der Waals surface area contributed by atoms with Crippen molar-refractivity contribution in [3.05, 3.63) is 33.8 Å². The first-order valence-corrected chi connectivity index (χ1v) is 5.41. The lowest BCUT2D eigenvalue weighted by Gasteiger charge is -2.31. The predicted molar refractivity (Wildman–Crippen MR) is 56.7 cm³/mol. The summed E-state index contributed by atoms with van der Waals surface area (Å²) in [6, 6.07) is 6.06. The molecule has 1 unspecified atom stereocenters. The second-order valence-electron chi connectivity index (χ2n) is 3.89. The van der Waals surface area contributed by atoms with Crippen LogP contribution < -0.4 is 0 Å². The van der Waals surface area contributed by atoms with Crippen molar-refractivity contribution in [2.75, 3.05) is 0 Å². The summed E-state index contributed by atoms with van der Waals surface area (Å²) in [7, 11) is 0. The molecule has 0 aliphatic heterocycles. The molecule has 0 aromatic heterocycles. The van der Waals surface area contributed by atoms with Gasteiger partial charge in [0.15, 0.2) is 0 Å². The molecule has 13 heavy (non-hydrogen) atoms. The van der Waals surface area contributed by atoms with E-state index in [-0.39, 0.29) is 0 Å². The molecular formula is C11H13BrO. The first kappa shape index (κ1) is 9.22. The molecule has 1 nitrogen and oxygen atoms in total. The van der Waals surface area contributed by atoms with Gasteiger partial charge in [-0.1, -0.05) is 28.1 Å². The number of benzene rings is 1. The fraction of sp³-hybridized carbons (Fsp3) is 0.455. The van der Waals surface area contributed by atoms with Crippen LogP contribution in [-0.2, 0) is 12.0 Å². The van der Waals surface area contributed by atoms with Crippen LogP contribution in [0.25, 0.3) is 0 Å². The normalized spacial score (nSPS) is 27.0. The predicted octanol–water partition coefficient (Wildman–Crippen LogP) is 2.99. The van der Waals surface area contributed by atoms with Gasteiger partial charge in [-0.2, -0.15) is 0 Å². The van der Waals surface area contributed by atoms with Crippen molar-refractivity contribution in [1.29, 1.82) is 0 Å². The fourth-order valence-corrected chi connectivity index (χ4v) is 2.63. The highest BCUT2D eigenvalue weighted by Gasteiger charge is 2.29. The molecule has 1 aromatic carbocycles. The van der Waals surface area contributed by atoms with Crippen LogP contribution in [0.3, 0.4) is 0 Å². The summed E-state index contributed by atoms with van der Waals surface area (Å²) in [5.41, 5.74) is 1.74. The van der Waals surface area contributed by atoms with Gasteiger partial charge in [-0.25, -0.2) is 0 Å². The molecule has 0 bridgehead atoms. The summed E-state index contributed by atoms with van der Waals surface area (Å²) in [5, 5.41) is 10.1. The van der Waals surface area contributed by atoms with Crippen LogP contribution in [0.5, 0.6) is 0 Å². The molecule has 0 radical (unpaired) electrons. The van der Waals surface area contributed by atoms with Gasteiger partial charge in [0.2, 0.25) is 0 Å². The minimum Gasteiger partial charge on any atom is -0.385 e. The summed E-state index contributed by atoms with van der Waals surface area (Å²) in [5.74, 6) is 0. The van der Waals surface area contributed by atoms with E-state index in [4.69, 9.17) is 0 Å². The fourth-order valence-electron chi connectivity index (χ4n) is 2.06. The number of rotatable bonds is 0. The van der Waals surface area contributed by atoms with Crippen molar-refractivity contribution in [3.63, 3.8) is 0 Å². The molecule has 2 heteroatoms. The third kappa shape index (κ3) is 1.53. The maximum absolute atomic E-state index is 10.1. The SMILES string of the molecule is CC1(O)CCCc2c(Br)cccc21. The lowest BCUT2D eigenvalue weighted by Crippen LogP contribution is -2.26. The number of fused-ring (bicyclic) bond motifs is 1. The second kappa shape index (κ2) is 3.10. The van der Waals surface area contributed by atoms with Crippen LogP contribution in [0.2, 0.25) is 0 Å². The molecule has 1 aliphatic rings. The molecule has 0 heterocycles. The maximum atomic E-state index is 10.1. The molecule has 1 aromatic rings. The van der Waals surface area contributed by atoms with Crippen molar-refractivity contribution in [3.8, 4) is 0 Å². The Balaban J connectivity index is 2.58. The van der Waals surface area contributed by atoms with Crippen LogP contribution in [0.4, 0.5) is 0 Å². The summed E-state index contributed by atoms with van der Waals surface area (Å²) in [6.45, 7) is 1.90. The Morgan fingerprint density at radius 3 is 2.92 bits per heavy atom. The summed E-state index contributed by atoms with van der Waals surface area (Å²) >= 11 is 3.52. The van der Waals surface area contributed by atoms with Gasteiger partial charge in [0.25, 0.3) is 0 Å². The van der Waals surface area contributed by atoms with Gasteiger partial charge in [-0.3, -0.25) is 0 Å². The Morgan fingerprint density at radius 2 is 2.23 bits per heavy atom. The lowest BCUT2D eigenvalue weighted by atomic mass is 9.80. The zero-order chi connectivity index (χ0) is 9.47. The van der Waals surface area contributed by atoms with Gasteiger partial charge < -0.3 is 5.11 Å². The topological polar surface area (TPSA) is 20.2 Å². The number of hydrogen-bond acceptors (Lipinski definition) is 1. The highest BCUT2D eigenvalue weighted by atomic mass is 79.9. The highest BCUT2D eigenvalue weighted by molar-refractivity contribution is 9.10. The summed E-state index contributed by atoms with van der Waals surface area (Å²) in [6.07, 6.45) is 3.02. The van der Waals surface area contributed by atoms with Crippen molar-refractivity contribution >= 4 is 15.9 Å². The van der Waals surface area contributed by atoms with Gasteiger partial charge in [0.05, 0.1) is 5.60 Å². The van der Waals surface area contributed by atoms with Gasteiger partial charge >= 0.3 is 0 Å². The van der Waals surface area contributed by atoms with E-state index in [0.717, 1.165) is 29.3 Å². The smallest absolute Gasteiger partial charge is 0.0871 e. The van der Waals surface area contributed by atoms with E-state index in [1.807, 2.05) is 25.1 Å². The minimum atomic E-state index is -0.628. The van der Waals surface area contributed by atoms with Crippen LogP contribution in [0.15, 0.2) is 22.7 Å². The van der Waals surface area contributed by atoms with E-state index in [9.17, 15) is 5.11 Å². The molecule has 1 atom stereocenters. The Labute approximate surface area is 86.9 Å². The molecule has 0 saturated heterocycles. The van der Waals surface area contributed by atoms with Gasteiger partial charge in [0, 0.05) is 4.47 Å². The quantitative estimate of drug-likeness (QED) is 0.740. The zero-order valence-corrected chi connectivity index (χ0v) is 9.26. The van der Waals surface area contributed by atoms with Crippen molar-refractivity contribution in [1.82, 2.24) is 0 Å². The van der Waals surface area contributed by atoms with Crippen LogP contribution >= 0.6 is 15.9 Å². The molecule has 1 N–H and O–H groups in total. The van der Waals surface area contributed by atoms with E-state index in [1.54, 1.807) is 0 Å². The molecular weight excluding hydrogens is 228 g/mol. The third-order valence-corrected chi connectivity index (χ3v) is 3.53. The van der Waals surface area contributed by atoms with Crippen molar-refractivity contribution in [2.45, 2.75) is 31.8 Å². The van der Waals surface area contributed by atoms with E-state index in [0.29, 0.717) is 0 Å². The average molecular weight is 241 g/mol. The van der Waals surface area contributed by atoms with E-state index >= 15 is 0 Å². The highest BCUT2D eigenvalue weighted by Crippen LogP contribution is 2.37. The van der Waals surface area contributed by atoms with Crippen molar-refractivity contribution < 1.29 is 5.11 Å². The van der Waals surface area contributed by atoms with Crippen LogP contribution in [0, 0.1) is 0 Å². The molecule has 0 spiro atoms. The zero-order valence-electron chi connectivity index (χ0n) is 7.68. The number of halogens is 1. The Bertz CT molecular complexity index is 331. The van der Waals surface area contributed by atoms with Crippen LogP contribution in [-0.4, -0.2) is 5.11 Å². The van der Waals surface area contributed by atoms with Gasteiger partial charge in [-0.15, -0.1) is 0 Å². The first-order valence-electron chi connectivity index (χ1n) is 4.61. The second-order valence-corrected chi connectivity index (χ2v) is 4.75.